The number of hydrogen-bond acceptors (Lipinski definition) is 2. The van der Waals surface area contributed by atoms with Crippen molar-refractivity contribution in [1.29, 1.82) is 0 Å². The van der Waals surface area contributed by atoms with Gasteiger partial charge >= 0.3 is 0 Å². The van der Waals surface area contributed by atoms with Crippen molar-refractivity contribution in [2.75, 3.05) is 0 Å². The first-order valence-electron chi connectivity index (χ1n) is 8.03. The highest BCUT2D eigenvalue weighted by Gasteiger charge is 2.21. The van der Waals surface area contributed by atoms with Gasteiger partial charge in [-0.3, -0.25) is 4.79 Å². The summed E-state index contributed by atoms with van der Waals surface area (Å²) >= 11 is 0. The quantitative estimate of drug-likeness (QED) is 0.494. The largest absolute Gasteiger partial charge is 0.482 e. The molecular formula is C20H24O2. The summed E-state index contributed by atoms with van der Waals surface area (Å²) in [5.41, 5.74) is 1.90. The molecule has 0 heterocycles. The van der Waals surface area contributed by atoms with Gasteiger partial charge in [-0.25, -0.2) is 0 Å². The van der Waals surface area contributed by atoms with Crippen molar-refractivity contribution in [3.63, 3.8) is 0 Å². The molecule has 0 aromatic heterocycles. The van der Waals surface area contributed by atoms with E-state index in [0.29, 0.717) is 0 Å². The van der Waals surface area contributed by atoms with Crippen LogP contribution in [0.2, 0.25) is 0 Å². The maximum Gasteiger partial charge on any atom is 0.203 e. The second kappa shape index (κ2) is 8.38. The van der Waals surface area contributed by atoms with Gasteiger partial charge in [0.05, 0.1) is 0 Å². The van der Waals surface area contributed by atoms with Crippen LogP contribution in [-0.4, -0.2) is 11.9 Å². The Morgan fingerprint density at radius 1 is 1.00 bits per heavy atom. The van der Waals surface area contributed by atoms with Crippen LogP contribution < -0.4 is 4.74 Å². The fourth-order valence-corrected chi connectivity index (χ4v) is 2.39. The first kappa shape index (κ1) is 16.3. The number of ketones is 1. The summed E-state index contributed by atoms with van der Waals surface area (Å²) in [6, 6.07) is 17.3. The zero-order chi connectivity index (χ0) is 15.8. The Morgan fingerprint density at radius 3 is 2.32 bits per heavy atom. The molecule has 2 aromatic carbocycles. The normalized spacial score (nSPS) is 11.9. The lowest BCUT2D eigenvalue weighted by Crippen LogP contribution is -2.27. The van der Waals surface area contributed by atoms with Crippen molar-refractivity contribution in [3.8, 4) is 5.75 Å². The fraction of sp³-hybridized carbons (Fsp3) is 0.350. The van der Waals surface area contributed by atoms with Crippen LogP contribution >= 0.6 is 0 Å². The first-order chi connectivity index (χ1) is 10.7. The van der Waals surface area contributed by atoms with Gasteiger partial charge in [0.2, 0.25) is 5.78 Å². The smallest absolute Gasteiger partial charge is 0.203 e. The molecule has 0 amide bonds. The van der Waals surface area contributed by atoms with E-state index in [1.807, 2.05) is 61.5 Å². The third kappa shape index (κ3) is 4.73. The van der Waals surface area contributed by atoms with Gasteiger partial charge in [-0.2, -0.15) is 0 Å². The molecule has 2 aromatic rings. The van der Waals surface area contributed by atoms with Crippen molar-refractivity contribution in [2.24, 2.45) is 0 Å². The Hall–Kier alpha value is -2.09. The minimum atomic E-state index is -0.406. The second-order valence-corrected chi connectivity index (χ2v) is 5.65. The lowest BCUT2D eigenvalue weighted by molar-refractivity contribution is 0.0774. The SMILES string of the molecule is CCCCCC(Oc1ccc(C)cc1)C(=O)c1ccccc1. The van der Waals surface area contributed by atoms with Gasteiger partial charge in [0, 0.05) is 5.56 Å². The molecule has 0 saturated carbocycles. The van der Waals surface area contributed by atoms with Crippen LogP contribution in [0.15, 0.2) is 54.6 Å². The van der Waals surface area contributed by atoms with Gasteiger partial charge in [0.25, 0.3) is 0 Å². The Labute approximate surface area is 133 Å². The molecule has 0 aliphatic carbocycles. The number of carbonyl (C=O) groups is 1. The number of carbonyl (C=O) groups excluding carboxylic acids is 1. The van der Waals surface area contributed by atoms with Gasteiger partial charge in [-0.05, 0) is 31.9 Å². The van der Waals surface area contributed by atoms with E-state index in [-0.39, 0.29) is 5.78 Å². The lowest BCUT2D eigenvalue weighted by Gasteiger charge is -2.18. The number of aryl methyl sites for hydroxylation is 1. The Bertz CT molecular complexity index is 572. The number of ether oxygens (including phenoxy) is 1. The van der Waals surface area contributed by atoms with Crippen molar-refractivity contribution in [3.05, 3.63) is 65.7 Å². The molecule has 0 radical (unpaired) electrons. The first-order valence-corrected chi connectivity index (χ1v) is 8.03. The molecule has 2 heteroatoms. The Balaban J connectivity index is 2.11. The minimum absolute atomic E-state index is 0.0669. The molecule has 0 bridgehead atoms. The molecular weight excluding hydrogens is 272 g/mol. The van der Waals surface area contributed by atoms with Crippen LogP contribution in [0.3, 0.4) is 0 Å². The van der Waals surface area contributed by atoms with E-state index in [2.05, 4.69) is 6.92 Å². The van der Waals surface area contributed by atoms with Crippen molar-refractivity contribution in [1.82, 2.24) is 0 Å². The summed E-state index contributed by atoms with van der Waals surface area (Å²) in [6.07, 6.45) is 3.62. The highest BCUT2D eigenvalue weighted by atomic mass is 16.5. The van der Waals surface area contributed by atoms with E-state index in [1.165, 1.54) is 5.56 Å². The molecule has 1 atom stereocenters. The second-order valence-electron chi connectivity index (χ2n) is 5.65. The van der Waals surface area contributed by atoms with Crippen LogP contribution in [0.5, 0.6) is 5.75 Å². The van der Waals surface area contributed by atoms with Crippen LogP contribution in [0.4, 0.5) is 0 Å². The van der Waals surface area contributed by atoms with Gasteiger partial charge < -0.3 is 4.74 Å². The monoisotopic (exact) mass is 296 g/mol. The van der Waals surface area contributed by atoms with Crippen molar-refractivity contribution < 1.29 is 9.53 Å². The topological polar surface area (TPSA) is 26.3 Å². The van der Waals surface area contributed by atoms with Gasteiger partial charge in [-0.15, -0.1) is 0 Å². The van der Waals surface area contributed by atoms with Crippen molar-refractivity contribution in [2.45, 2.75) is 45.6 Å². The average molecular weight is 296 g/mol. The maximum absolute atomic E-state index is 12.7. The van der Waals surface area contributed by atoms with Gasteiger partial charge in [0.15, 0.2) is 6.10 Å². The van der Waals surface area contributed by atoms with Crippen molar-refractivity contribution >= 4 is 5.78 Å². The molecule has 0 aliphatic heterocycles. The minimum Gasteiger partial charge on any atom is -0.482 e. The van der Waals surface area contributed by atoms with E-state index in [1.54, 1.807) is 0 Å². The summed E-state index contributed by atoms with van der Waals surface area (Å²) < 4.78 is 5.98. The molecule has 0 spiro atoms. The summed E-state index contributed by atoms with van der Waals surface area (Å²) in [7, 11) is 0. The van der Waals surface area contributed by atoms with Gasteiger partial charge in [0.1, 0.15) is 5.75 Å². The number of rotatable bonds is 8. The number of hydrogen-bond donors (Lipinski definition) is 0. The average Bonchev–Trinajstić information content (AvgIpc) is 2.56. The lowest BCUT2D eigenvalue weighted by atomic mass is 10.0. The third-order valence-corrected chi connectivity index (χ3v) is 3.72. The molecule has 0 fully saturated rings. The van der Waals surface area contributed by atoms with Crippen LogP contribution in [0.1, 0.15) is 48.5 Å². The number of benzene rings is 2. The molecule has 22 heavy (non-hydrogen) atoms. The predicted molar refractivity (Wildman–Crippen MR) is 90.5 cm³/mol. The maximum atomic E-state index is 12.7. The summed E-state index contributed by atoms with van der Waals surface area (Å²) in [5, 5.41) is 0. The van der Waals surface area contributed by atoms with Crippen LogP contribution in [-0.2, 0) is 0 Å². The predicted octanol–water partition coefficient (Wildman–Crippen LogP) is 5.21. The number of Topliss-reactive ketones (excluding diaryl/α,β-unsaturated/α-hetero) is 1. The Kier molecular flexibility index (Phi) is 6.20. The molecule has 0 saturated heterocycles. The Morgan fingerprint density at radius 2 is 1.68 bits per heavy atom. The molecule has 2 rings (SSSR count). The van der Waals surface area contributed by atoms with Crippen LogP contribution in [0.25, 0.3) is 0 Å². The molecule has 2 nitrogen and oxygen atoms in total. The molecule has 116 valence electrons. The fourth-order valence-electron chi connectivity index (χ4n) is 2.39. The van der Waals surface area contributed by atoms with Gasteiger partial charge in [-0.1, -0.05) is 67.8 Å². The van der Waals surface area contributed by atoms with E-state index in [9.17, 15) is 4.79 Å². The van der Waals surface area contributed by atoms with Crippen LogP contribution in [0, 0.1) is 6.92 Å². The summed E-state index contributed by atoms with van der Waals surface area (Å²) in [6.45, 7) is 4.20. The highest BCUT2D eigenvalue weighted by Crippen LogP contribution is 2.19. The summed E-state index contributed by atoms with van der Waals surface area (Å²) in [4.78, 5) is 12.7. The number of unbranched alkanes of at least 4 members (excludes halogenated alkanes) is 2. The zero-order valence-electron chi connectivity index (χ0n) is 13.4. The van der Waals surface area contributed by atoms with E-state index in [0.717, 1.165) is 37.0 Å². The zero-order valence-corrected chi connectivity index (χ0v) is 13.4. The standard InChI is InChI=1S/C20H24O2/c1-3-4-6-11-19(20(21)17-9-7-5-8-10-17)22-18-14-12-16(2)13-15-18/h5,7-10,12-15,19H,3-4,6,11H2,1-2H3. The molecule has 1 unspecified atom stereocenters. The third-order valence-electron chi connectivity index (χ3n) is 3.72. The van der Waals surface area contributed by atoms with E-state index < -0.39 is 6.10 Å². The van der Waals surface area contributed by atoms with E-state index >= 15 is 0 Å². The highest BCUT2D eigenvalue weighted by molar-refractivity contribution is 5.99. The molecule has 0 aliphatic rings. The van der Waals surface area contributed by atoms with E-state index in [4.69, 9.17) is 4.74 Å². The summed E-state index contributed by atoms with van der Waals surface area (Å²) in [5.74, 6) is 0.827. The molecule has 0 N–H and O–H groups in total.